The van der Waals surface area contributed by atoms with Crippen LogP contribution in [0.3, 0.4) is 0 Å². The SMILES string of the molecule is CN(CCS(C)(=O)=O)Cc1ccc(F)c(C(=O)O)c1. The molecule has 0 aliphatic rings. The summed E-state index contributed by atoms with van der Waals surface area (Å²) in [5, 5.41) is 8.80. The predicted molar refractivity (Wildman–Crippen MR) is 69.4 cm³/mol. The van der Waals surface area contributed by atoms with E-state index in [-0.39, 0.29) is 11.3 Å². The zero-order chi connectivity index (χ0) is 14.6. The summed E-state index contributed by atoms with van der Waals surface area (Å²) >= 11 is 0. The molecule has 0 aliphatic heterocycles. The van der Waals surface area contributed by atoms with Gasteiger partial charge in [-0.3, -0.25) is 0 Å². The number of carboxylic acids is 1. The minimum atomic E-state index is -3.04. The Morgan fingerprint density at radius 2 is 2.05 bits per heavy atom. The Balaban J connectivity index is 2.72. The second-order valence-electron chi connectivity index (χ2n) is 4.49. The van der Waals surface area contributed by atoms with E-state index in [1.165, 1.54) is 12.1 Å². The Labute approximate surface area is 111 Å². The molecular weight excluding hydrogens is 273 g/mol. The first-order valence-corrected chi connectivity index (χ1v) is 7.63. The Hall–Kier alpha value is -1.47. The third-order valence-electron chi connectivity index (χ3n) is 2.56. The first-order valence-electron chi connectivity index (χ1n) is 5.57. The Bertz CT molecular complexity index is 571. The molecule has 0 amide bonds. The largest absolute Gasteiger partial charge is 0.478 e. The van der Waals surface area contributed by atoms with Crippen LogP contribution in [0.25, 0.3) is 0 Å². The molecule has 1 rings (SSSR count). The molecule has 0 unspecified atom stereocenters. The summed E-state index contributed by atoms with van der Waals surface area (Å²) < 4.78 is 35.2. The van der Waals surface area contributed by atoms with Crippen LogP contribution in [0.2, 0.25) is 0 Å². The van der Waals surface area contributed by atoms with Gasteiger partial charge in [0, 0.05) is 19.3 Å². The van der Waals surface area contributed by atoms with Crippen molar-refractivity contribution in [3.8, 4) is 0 Å². The van der Waals surface area contributed by atoms with Crippen molar-refractivity contribution in [1.29, 1.82) is 0 Å². The number of hydrogen-bond donors (Lipinski definition) is 1. The monoisotopic (exact) mass is 289 g/mol. The number of nitrogens with zero attached hydrogens (tertiary/aromatic N) is 1. The number of halogens is 1. The Kier molecular flexibility index (Phi) is 5.02. The van der Waals surface area contributed by atoms with Gasteiger partial charge in [0.25, 0.3) is 0 Å². The number of carboxylic acid groups (broad SMARTS) is 1. The minimum absolute atomic E-state index is 0.0243. The molecule has 0 aliphatic carbocycles. The van der Waals surface area contributed by atoms with Crippen LogP contribution in [0.1, 0.15) is 15.9 Å². The molecule has 0 heterocycles. The molecule has 0 bridgehead atoms. The molecule has 106 valence electrons. The van der Waals surface area contributed by atoms with Gasteiger partial charge >= 0.3 is 5.97 Å². The van der Waals surface area contributed by atoms with Crippen molar-refractivity contribution >= 4 is 15.8 Å². The lowest BCUT2D eigenvalue weighted by Gasteiger charge is -2.16. The second-order valence-corrected chi connectivity index (χ2v) is 6.75. The molecule has 1 aromatic carbocycles. The van der Waals surface area contributed by atoms with Crippen LogP contribution < -0.4 is 0 Å². The van der Waals surface area contributed by atoms with Crippen LogP contribution in [-0.2, 0) is 16.4 Å². The Morgan fingerprint density at radius 3 is 2.58 bits per heavy atom. The lowest BCUT2D eigenvalue weighted by molar-refractivity contribution is 0.0691. The zero-order valence-electron chi connectivity index (χ0n) is 10.8. The van der Waals surface area contributed by atoms with Crippen LogP contribution in [0.15, 0.2) is 18.2 Å². The predicted octanol–water partition coefficient (Wildman–Crippen LogP) is 1.00. The van der Waals surface area contributed by atoms with E-state index in [0.717, 1.165) is 12.3 Å². The van der Waals surface area contributed by atoms with Crippen molar-refractivity contribution in [2.75, 3.05) is 25.6 Å². The van der Waals surface area contributed by atoms with Crippen molar-refractivity contribution in [2.45, 2.75) is 6.54 Å². The molecule has 0 saturated carbocycles. The molecule has 0 saturated heterocycles. The fourth-order valence-corrected chi connectivity index (χ4v) is 2.19. The quantitative estimate of drug-likeness (QED) is 0.845. The molecule has 0 spiro atoms. The van der Waals surface area contributed by atoms with Gasteiger partial charge < -0.3 is 10.0 Å². The molecule has 0 radical (unpaired) electrons. The molecule has 1 N–H and O–H groups in total. The van der Waals surface area contributed by atoms with Gasteiger partial charge in [0.15, 0.2) is 0 Å². The molecular formula is C12H16FNO4S. The van der Waals surface area contributed by atoms with Gasteiger partial charge in [0.1, 0.15) is 15.7 Å². The van der Waals surface area contributed by atoms with E-state index >= 15 is 0 Å². The number of aromatic carboxylic acids is 1. The van der Waals surface area contributed by atoms with Gasteiger partial charge in [-0.15, -0.1) is 0 Å². The lowest BCUT2D eigenvalue weighted by atomic mass is 10.1. The highest BCUT2D eigenvalue weighted by Crippen LogP contribution is 2.12. The van der Waals surface area contributed by atoms with Crippen LogP contribution in [0.4, 0.5) is 4.39 Å². The summed E-state index contributed by atoms with van der Waals surface area (Å²) in [6.07, 6.45) is 1.15. The van der Waals surface area contributed by atoms with Crippen molar-refractivity contribution in [1.82, 2.24) is 4.90 Å². The minimum Gasteiger partial charge on any atom is -0.478 e. The highest BCUT2D eigenvalue weighted by molar-refractivity contribution is 7.90. The molecule has 19 heavy (non-hydrogen) atoms. The van der Waals surface area contributed by atoms with E-state index in [4.69, 9.17) is 5.11 Å². The van der Waals surface area contributed by atoms with E-state index in [2.05, 4.69) is 0 Å². The zero-order valence-corrected chi connectivity index (χ0v) is 11.6. The van der Waals surface area contributed by atoms with Gasteiger partial charge in [-0.1, -0.05) is 6.07 Å². The summed E-state index contributed by atoms with van der Waals surface area (Å²) in [6, 6.07) is 3.84. The number of rotatable bonds is 6. The van der Waals surface area contributed by atoms with Crippen LogP contribution in [-0.4, -0.2) is 50.0 Å². The van der Waals surface area contributed by atoms with Crippen molar-refractivity contribution < 1.29 is 22.7 Å². The maximum Gasteiger partial charge on any atom is 0.338 e. The maximum atomic E-state index is 13.2. The lowest BCUT2D eigenvalue weighted by Crippen LogP contribution is -2.25. The van der Waals surface area contributed by atoms with Gasteiger partial charge in [0.05, 0.1) is 11.3 Å². The van der Waals surface area contributed by atoms with Gasteiger partial charge in [-0.2, -0.15) is 0 Å². The molecule has 5 nitrogen and oxygen atoms in total. The van der Waals surface area contributed by atoms with E-state index in [1.807, 2.05) is 0 Å². The van der Waals surface area contributed by atoms with E-state index in [0.29, 0.717) is 18.7 Å². The topological polar surface area (TPSA) is 74.7 Å². The summed E-state index contributed by atoms with van der Waals surface area (Å²) in [4.78, 5) is 12.5. The normalized spacial score (nSPS) is 11.8. The van der Waals surface area contributed by atoms with E-state index in [1.54, 1.807) is 11.9 Å². The number of sulfone groups is 1. The van der Waals surface area contributed by atoms with Gasteiger partial charge in [-0.25, -0.2) is 17.6 Å². The van der Waals surface area contributed by atoms with Crippen molar-refractivity contribution in [2.24, 2.45) is 0 Å². The molecule has 7 heteroatoms. The van der Waals surface area contributed by atoms with Crippen LogP contribution >= 0.6 is 0 Å². The van der Waals surface area contributed by atoms with E-state index < -0.39 is 21.6 Å². The molecule has 0 fully saturated rings. The van der Waals surface area contributed by atoms with Crippen molar-refractivity contribution in [3.63, 3.8) is 0 Å². The average Bonchev–Trinajstić information content (AvgIpc) is 2.28. The highest BCUT2D eigenvalue weighted by Gasteiger charge is 2.12. The van der Waals surface area contributed by atoms with Gasteiger partial charge in [-0.05, 0) is 24.7 Å². The summed E-state index contributed by atoms with van der Waals surface area (Å²) in [7, 11) is -1.32. The number of benzene rings is 1. The molecule has 1 aromatic rings. The standard InChI is InChI=1S/C12H16FNO4S/c1-14(5-6-19(2,17)18)8-9-3-4-11(13)10(7-9)12(15)16/h3-4,7H,5-6,8H2,1-2H3,(H,15,16). The third-order valence-corrected chi connectivity index (χ3v) is 3.48. The summed E-state index contributed by atoms with van der Waals surface area (Å²) in [5.41, 5.74) is 0.240. The number of hydrogen-bond acceptors (Lipinski definition) is 4. The average molecular weight is 289 g/mol. The second kappa shape index (κ2) is 6.12. The van der Waals surface area contributed by atoms with Crippen molar-refractivity contribution in [3.05, 3.63) is 35.1 Å². The van der Waals surface area contributed by atoms with Crippen LogP contribution in [0.5, 0.6) is 0 Å². The first kappa shape index (κ1) is 15.6. The maximum absolute atomic E-state index is 13.2. The fourth-order valence-electron chi connectivity index (χ4n) is 1.55. The van der Waals surface area contributed by atoms with Gasteiger partial charge in [0.2, 0.25) is 0 Å². The fraction of sp³-hybridized carbons (Fsp3) is 0.417. The Morgan fingerprint density at radius 1 is 1.42 bits per heavy atom. The number of carbonyl (C=O) groups is 1. The third kappa shape index (κ3) is 5.35. The smallest absolute Gasteiger partial charge is 0.338 e. The molecule has 0 atom stereocenters. The summed E-state index contributed by atoms with van der Waals surface area (Å²) in [6.45, 7) is 0.689. The highest BCUT2D eigenvalue weighted by atomic mass is 32.2. The summed E-state index contributed by atoms with van der Waals surface area (Å²) in [5.74, 6) is -2.08. The van der Waals surface area contributed by atoms with E-state index in [9.17, 15) is 17.6 Å². The van der Waals surface area contributed by atoms with Crippen LogP contribution in [0, 0.1) is 5.82 Å². The molecule has 0 aromatic heterocycles. The first-order chi connectivity index (χ1) is 8.69.